The lowest BCUT2D eigenvalue weighted by atomic mass is 9.98. The molecule has 3 aliphatic rings. The highest BCUT2D eigenvalue weighted by molar-refractivity contribution is 7.15. The van der Waals surface area contributed by atoms with Crippen LogP contribution in [0.5, 0.6) is 11.5 Å². The number of anilines is 1. The minimum Gasteiger partial charge on any atom is -0.493 e. The van der Waals surface area contributed by atoms with Crippen LogP contribution in [-0.2, 0) is 14.3 Å². The van der Waals surface area contributed by atoms with E-state index in [2.05, 4.69) is 15.5 Å². The molecule has 5 rings (SSSR count). The Morgan fingerprint density at radius 2 is 2.12 bits per heavy atom. The highest BCUT2D eigenvalue weighted by Crippen LogP contribution is 2.42. The third-order valence-electron chi connectivity index (χ3n) is 5.97. The Morgan fingerprint density at radius 3 is 2.88 bits per heavy atom. The van der Waals surface area contributed by atoms with Gasteiger partial charge in [-0.15, -0.1) is 10.2 Å². The van der Waals surface area contributed by atoms with E-state index in [-0.39, 0.29) is 30.6 Å². The molecule has 0 bridgehead atoms. The summed E-state index contributed by atoms with van der Waals surface area (Å²) in [6.07, 6.45) is 4.17. The summed E-state index contributed by atoms with van der Waals surface area (Å²) < 4.78 is 17.0. The first-order valence-corrected chi connectivity index (χ1v) is 11.8. The minimum absolute atomic E-state index is 0.00308. The van der Waals surface area contributed by atoms with Crippen molar-refractivity contribution < 1.29 is 23.8 Å². The molecule has 3 fully saturated rings. The van der Waals surface area contributed by atoms with Gasteiger partial charge in [-0.2, -0.15) is 0 Å². The van der Waals surface area contributed by atoms with Crippen molar-refractivity contribution in [3.05, 3.63) is 28.8 Å². The van der Waals surface area contributed by atoms with E-state index in [1.807, 2.05) is 18.2 Å². The van der Waals surface area contributed by atoms with Gasteiger partial charge in [-0.25, -0.2) is 0 Å². The van der Waals surface area contributed by atoms with Crippen molar-refractivity contribution in [1.29, 1.82) is 0 Å². The molecule has 1 aromatic heterocycles. The Kier molecular flexibility index (Phi) is 5.97. The number of nitrogens with one attached hydrogen (secondary N) is 1. The van der Waals surface area contributed by atoms with Gasteiger partial charge < -0.3 is 19.1 Å². The van der Waals surface area contributed by atoms with Crippen molar-refractivity contribution in [2.45, 2.75) is 50.2 Å². The maximum Gasteiger partial charge on any atom is 0.245 e. The molecular weight excluding hydrogens is 432 g/mol. The van der Waals surface area contributed by atoms with Gasteiger partial charge in [-0.1, -0.05) is 17.4 Å². The fraction of sp³-hybridized carbons (Fsp3) is 0.545. The number of benzene rings is 1. The van der Waals surface area contributed by atoms with E-state index in [1.165, 1.54) is 11.3 Å². The van der Waals surface area contributed by atoms with E-state index in [0.717, 1.165) is 36.3 Å². The predicted octanol–water partition coefficient (Wildman–Crippen LogP) is 2.89. The Balaban J connectivity index is 1.21. The number of ether oxygens (including phenoxy) is 3. The van der Waals surface area contributed by atoms with Crippen LogP contribution < -0.4 is 14.8 Å². The largest absolute Gasteiger partial charge is 0.493 e. The molecule has 170 valence electrons. The SMILES string of the molecule is COc1ccc([C@@H]2CC(=O)N(CC(=O)Nc3nnc(C4CC4)s3)C2)cc1OC1CCCO1. The quantitative estimate of drug-likeness (QED) is 0.649. The van der Waals surface area contributed by atoms with E-state index in [9.17, 15) is 9.59 Å². The zero-order valence-corrected chi connectivity index (χ0v) is 18.7. The van der Waals surface area contributed by atoms with Crippen LogP contribution in [0.3, 0.4) is 0 Å². The first-order chi connectivity index (χ1) is 15.6. The maximum absolute atomic E-state index is 12.6. The summed E-state index contributed by atoms with van der Waals surface area (Å²) in [7, 11) is 1.60. The van der Waals surface area contributed by atoms with Crippen LogP contribution in [-0.4, -0.2) is 60.0 Å². The van der Waals surface area contributed by atoms with Crippen LogP contribution in [0.1, 0.15) is 54.5 Å². The molecule has 2 aromatic rings. The summed E-state index contributed by atoms with van der Waals surface area (Å²) in [6.45, 7) is 1.17. The average Bonchev–Trinajstić information content (AvgIpc) is 3.14. The van der Waals surface area contributed by atoms with Crippen LogP contribution in [0.2, 0.25) is 0 Å². The lowest BCUT2D eigenvalue weighted by molar-refractivity contribution is -0.131. The van der Waals surface area contributed by atoms with Crippen molar-refractivity contribution >= 4 is 28.3 Å². The van der Waals surface area contributed by atoms with Crippen LogP contribution >= 0.6 is 11.3 Å². The monoisotopic (exact) mass is 458 g/mol. The molecule has 1 N–H and O–H groups in total. The normalized spacial score (nSPS) is 22.9. The van der Waals surface area contributed by atoms with Crippen LogP contribution in [0.15, 0.2) is 18.2 Å². The van der Waals surface area contributed by atoms with Crippen LogP contribution in [0.25, 0.3) is 0 Å². The molecule has 2 atom stereocenters. The van der Waals surface area contributed by atoms with Gasteiger partial charge in [0.25, 0.3) is 0 Å². The zero-order chi connectivity index (χ0) is 22.1. The summed E-state index contributed by atoms with van der Waals surface area (Å²) >= 11 is 1.41. The lowest BCUT2D eigenvalue weighted by Crippen LogP contribution is -2.34. The number of aromatic nitrogens is 2. The molecule has 32 heavy (non-hydrogen) atoms. The Labute approximate surface area is 190 Å². The second-order valence-corrected chi connectivity index (χ2v) is 9.42. The van der Waals surface area contributed by atoms with E-state index >= 15 is 0 Å². The number of hydrogen-bond acceptors (Lipinski definition) is 8. The second kappa shape index (κ2) is 9.03. The van der Waals surface area contributed by atoms with E-state index in [1.54, 1.807) is 12.0 Å². The fourth-order valence-electron chi connectivity index (χ4n) is 4.08. The molecule has 10 heteroatoms. The molecular formula is C22H26N4O5S. The number of likely N-dealkylation sites (tertiary alicyclic amines) is 1. The third-order valence-corrected chi connectivity index (χ3v) is 6.97. The topological polar surface area (TPSA) is 103 Å². The number of methoxy groups -OCH3 is 1. The summed E-state index contributed by atoms with van der Waals surface area (Å²) in [5.74, 6) is 1.43. The molecule has 9 nitrogen and oxygen atoms in total. The van der Waals surface area contributed by atoms with Crippen LogP contribution in [0, 0.1) is 0 Å². The highest BCUT2D eigenvalue weighted by Gasteiger charge is 2.33. The van der Waals surface area contributed by atoms with Gasteiger partial charge in [0, 0.05) is 31.2 Å². The average molecular weight is 459 g/mol. The van der Waals surface area contributed by atoms with Gasteiger partial charge in [0.2, 0.25) is 16.9 Å². The third kappa shape index (κ3) is 4.71. The van der Waals surface area contributed by atoms with Gasteiger partial charge in [-0.05, 0) is 37.0 Å². The van der Waals surface area contributed by atoms with Crippen molar-refractivity contribution in [3.63, 3.8) is 0 Å². The minimum atomic E-state index is -0.273. The Hall–Kier alpha value is -2.72. The first kappa shape index (κ1) is 21.1. The van der Waals surface area contributed by atoms with Crippen molar-refractivity contribution in [1.82, 2.24) is 15.1 Å². The molecule has 3 heterocycles. The molecule has 1 aliphatic carbocycles. The number of carbonyl (C=O) groups excluding carboxylic acids is 2. The van der Waals surface area contributed by atoms with Gasteiger partial charge in [-0.3, -0.25) is 14.9 Å². The van der Waals surface area contributed by atoms with E-state index in [4.69, 9.17) is 14.2 Å². The molecule has 2 amide bonds. The summed E-state index contributed by atoms with van der Waals surface area (Å²) in [4.78, 5) is 26.6. The van der Waals surface area contributed by atoms with Gasteiger partial charge >= 0.3 is 0 Å². The Morgan fingerprint density at radius 1 is 1.25 bits per heavy atom. The van der Waals surface area contributed by atoms with Crippen molar-refractivity contribution in [2.75, 3.05) is 32.1 Å². The number of amides is 2. The Bertz CT molecular complexity index is 1000. The van der Waals surface area contributed by atoms with Crippen molar-refractivity contribution in [3.8, 4) is 11.5 Å². The predicted molar refractivity (Wildman–Crippen MR) is 117 cm³/mol. The highest BCUT2D eigenvalue weighted by atomic mass is 32.1. The van der Waals surface area contributed by atoms with Crippen LogP contribution in [0.4, 0.5) is 5.13 Å². The summed E-state index contributed by atoms with van der Waals surface area (Å²) in [6, 6.07) is 5.72. The number of rotatable bonds is 8. The van der Waals surface area contributed by atoms with E-state index < -0.39 is 0 Å². The lowest BCUT2D eigenvalue weighted by Gasteiger charge is -2.19. The first-order valence-electron chi connectivity index (χ1n) is 11.0. The maximum atomic E-state index is 12.6. The molecule has 1 saturated carbocycles. The van der Waals surface area contributed by atoms with Crippen molar-refractivity contribution in [2.24, 2.45) is 0 Å². The zero-order valence-electron chi connectivity index (χ0n) is 17.9. The number of nitrogens with zero attached hydrogens (tertiary/aromatic N) is 3. The standard InChI is InChI=1S/C22H26N4O5S/c1-29-16-7-6-14(9-17(16)31-20-3-2-8-30-20)15-10-19(28)26(11-15)12-18(27)23-22-25-24-21(32-22)13-4-5-13/h6-7,9,13,15,20H,2-5,8,10-12H2,1H3,(H,23,25,27)/t15-,20?/m1/s1. The second-order valence-electron chi connectivity index (χ2n) is 8.41. The van der Waals surface area contributed by atoms with E-state index in [0.29, 0.717) is 42.1 Å². The fourth-order valence-corrected chi connectivity index (χ4v) is 5.01. The number of carbonyl (C=O) groups is 2. The molecule has 0 spiro atoms. The summed E-state index contributed by atoms with van der Waals surface area (Å²) in [5.41, 5.74) is 0.980. The molecule has 2 saturated heterocycles. The van der Waals surface area contributed by atoms with Gasteiger partial charge in [0.1, 0.15) is 5.01 Å². The summed E-state index contributed by atoms with van der Waals surface area (Å²) in [5, 5.41) is 12.4. The molecule has 2 aliphatic heterocycles. The smallest absolute Gasteiger partial charge is 0.245 e. The number of hydrogen-bond donors (Lipinski definition) is 1. The molecule has 0 radical (unpaired) electrons. The van der Waals surface area contributed by atoms with Gasteiger partial charge in [0.05, 0.1) is 20.3 Å². The molecule has 1 unspecified atom stereocenters. The van der Waals surface area contributed by atoms with Gasteiger partial charge in [0.15, 0.2) is 17.8 Å². The molecule has 1 aromatic carbocycles.